The second-order valence-electron chi connectivity index (χ2n) is 5.93. The molecule has 0 atom stereocenters. The van der Waals surface area contributed by atoms with E-state index in [9.17, 15) is 4.79 Å². The molecule has 0 aliphatic rings. The number of esters is 1. The minimum absolute atomic E-state index is 0.0740. The van der Waals surface area contributed by atoms with Crippen LogP contribution >= 0.6 is 11.6 Å². The SMILES string of the molecule is [C-]#[N+]c1ccc2c(nc(CC)n2CC(=O)OC(C)(C)C)c1Cl. The van der Waals surface area contributed by atoms with Gasteiger partial charge in [-0.1, -0.05) is 24.6 Å². The van der Waals surface area contributed by atoms with Crippen molar-refractivity contribution in [3.8, 4) is 0 Å². The Morgan fingerprint density at radius 3 is 2.68 bits per heavy atom. The number of carbonyl (C=O) groups excluding carboxylic acids is 1. The van der Waals surface area contributed by atoms with Crippen molar-refractivity contribution in [3.63, 3.8) is 0 Å². The zero-order chi connectivity index (χ0) is 16.5. The number of rotatable bonds is 3. The van der Waals surface area contributed by atoms with E-state index in [2.05, 4.69) is 9.83 Å². The largest absolute Gasteiger partial charge is 0.459 e. The first-order valence-corrected chi connectivity index (χ1v) is 7.41. The van der Waals surface area contributed by atoms with Gasteiger partial charge < -0.3 is 9.30 Å². The molecule has 0 bridgehead atoms. The molecule has 22 heavy (non-hydrogen) atoms. The van der Waals surface area contributed by atoms with Gasteiger partial charge in [-0.25, -0.2) is 9.83 Å². The Bertz CT molecular complexity index is 766. The first-order chi connectivity index (χ1) is 10.3. The number of halogens is 1. The van der Waals surface area contributed by atoms with Gasteiger partial charge >= 0.3 is 5.97 Å². The lowest BCUT2D eigenvalue weighted by molar-refractivity contribution is -0.155. The Labute approximate surface area is 134 Å². The summed E-state index contributed by atoms with van der Waals surface area (Å²) < 4.78 is 7.16. The van der Waals surface area contributed by atoms with Crippen molar-refractivity contribution in [2.45, 2.75) is 46.3 Å². The maximum absolute atomic E-state index is 12.1. The summed E-state index contributed by atoms with van der Waals surface area (Å²) in [5.74, 6) is 0.414. The zero-order valence-electron chi connectivity index (χ0n) is 13.1. The van der Waals surface area contributed by atoms with Crippen LogP contribution in [0.25, 0.3) is 15.9 Å². The topological polar surface area (TPSA) is 48.5 Å². The van der Waals surface area contributed by atoms with E-state index in [-0.39, 0.29) is 12.5 Å². The fourth-order valence-corrected chi connectivity index (χ4v) is 2.48. The van der Waals surface area contributed by atoms with Gasteiger partial charge in [-0.3, -0.25) is 4.79 Å². The van der Waals surface area contributed by atoms with Crippen LogP contribution < -0.4 is 0 Å². The average molecular weight is 320 g/mol. The summed E-state index contributed by atoms with van der Waals surface area (Å²) in [6, 6.07) is 3.41. The van der Waals surface area contributed by atoms with Gasteiger partial charge in [0, 0.05) is 6.42 Å². The molecule has 2 rings (SSSR count). The van der Waals surface area contributed by atoms with Crippen molar-refractivity contribution < 1.29 is 9.53 Å². The maximum Gasteiger partial charge on any atom is 0.326 e. The maximum atomic E-state index is 12.1. The first-order valence-electron chi connectivity index (χ1n) is 7.03. The highest BCUT2D eigenvalue weighted by Crippen LogP contribution is 2.33. The number of hydrogen-bond donors (Lipinski definition) is 0. The molecule has 1 aromatic carbocycles. The number of aromatic nitrogens is 2. The molecule has 6 heteroatoms. The summed E-state index contributed by atoms with van der Waals surface area (Å²) in [7, 11) is 0. The molecule has 0 fully saturated rings. The summed E-state index contributed by atoms with van der Waals surface area (Å²) in [5, 5.41) is 0.324. The molecule has 1 aromatic heterocycles. The van der Waals surface area contributed by atoms with Crippen LogP contribution in [0.5, 0.6) is 0 Å². The quantitative estimate of drug-likeness (QED) is 0.631. The third-order valence-electron chi connectivity index (χ3n) is 3.06. The molecule has 0 spiro atoms. The normalized spacial score (nSPS) is 11.5. The standard InChI is InChI=1S/C16H18ClN3O2/c1-6-12-19-15-11(8-7-10(18-5)14(15)17)20(12)9-13(21)22-16(2,3)4/h7-8H,6,9H2,1-4H3. The predicted molar refractivity (Wildman–Crippen MR) is 86.2 cm³/mol. The molecule has 2 aromatic rings. The Morgan fingerprint density at radius 1 is 1.45 bits per heavy atom. The molecule has 0 unspecified atom stereocenters. The van der Waals surface area contributed by atoms with Gasteiger partial charge in [-0.15, -0.1) is 0 Å². The second kappa shape index (κ2) is 5.98. The molecule has 116 valence electrons. The smallest absolute Gasteiger partial charge is 0.326 e. The van der Waals surface area contributed by atoms with Crippen LogP contribution in [0.15, 0.2) is 12.1 Å². The van der Waals surface area contributed by atoms with E-state index in [0.29, 0.717) is 22.6 Å². The van der Waals surface area contributed by atoms with Gasteiger partial charge in [0.25, 0.3) is 0 Å². The van der Waals surface area contributed by atoms with Crippen LogP contribution in [-0.4, -0.2) is 21.1 Å². The van der Waals surface area contributed by atoms with E-state index in [1.807, 2.05) is 27.7 Å². The van der Waals surface area contributed by atoms with Crippen LogP contribution in [0, 0.1) is 6.57 Å². The molecule has 0 amide bonds. The van der Waals surface area contributed by atoms with E-state index >= 15 is 0 Å². The van der Waals surface area contributed by atoms with Crippen molar-refractivity contribution in [1.29, 1.82) is 0 Å². The first kappa shape index (κ1) is 16.3. The van der Waals surface area contributed by atoms with Gasteiger partial charge in [-0.2, -0.15) is 0 Å². The number of aryl methyl sites for hydroxylation is 1. The fraction of sp³-hybridized carbons (Fsp3) is 0.438. The Kier molecular flexibility index (Phi) is 4.43. The number of carbonyl (C=O) groups is 1. The van der Waals surface area contributed by atoms with Gasteiger partial charge in [-0.05, 0) is 26.8 Å². The number of imidazole rings is 1. The number of ether oxygens (including phenoxy) is 1. The van der Waals surface area contributed by atoms with Crippen molar-refractivity contribution in [3.05, 3.63) is 34.4 Å². The van der Waals surface area contributed by atoms with Crippen LogP contribution in [0.1, 0.15) is 33.5 Å². The Balaban J connectivity index is 2.47. The highest BCUT2D eigenvalue weighted by molar-refractivity contribution is 6.37. The summed E-state index contributed by atoms with van der Waals surface area (Å²) in [6.07, 6.45) is 0.654. The summed E-state index contributed by atoms with van der Waals surface area (Å²) in [5.41, 5.74) is 1.11. The number of benzene rings is 1. The lowest BCUT2D eigenvalue weighted by Gasteiger charge is -2.20. The molecule has 0 radical (unpaired) electrons. The molecule has 1 heterocycles. The third kappa shape index (κ3) is 3.23. The van der Waals surface area contributed by atoms with Gasteiger partial charge in [0.1, 0.15) is 18.0 Å². The summed E-state index contributed by atoms with van der Waals surface area (Å²) >= 11 is 6.22. The number of hydrogen-bond acceptors (Lipinski definition) is 3. The Hall–Kier alpha value is -2.06. The van der Waals surface area contributed by atoms with E-state index in [0.717, 1.165) is 11.3 Å². The molecule has 0 aliphatic heterocycles. The Morgan fingerprint density at radius 2 is 2.14 bits per heavy atom. The number of fused-ring (bicyclic) bond motifs is 1. The number of nitrogens with zero attached hydrogens (tertiary/aromatic N) is 3. The average Bonchev–Trinajstić information content (AvgIpc) is 2.76. The van der Waals surface area contributed by atoms with Crippen LogP contribution in [0.2, 0.25) is 5.02 Å². The lowest BCUT2D eigenvalue weighted by atomic mass is 10.2. The highest BCUT2D eigenvalue weighted by atomic mass is 35.5. The lowest BCUT2D eigenvalue weighted by Crippen LogP contribution is -2.27. The van der Waals surface area contributed by atoms with E-state index < -0.39 is 5.60 Å². The molecule has 5 nitrogen and oxygen atoms in total. The highest BCUT2D eigenvalue weighted by Gasteiger charge is 2.20. The molecule has 0 saturated carbocycles. The summed E-state index contributed by atoms with van der Waals surface area (Å²) in [6.45, 7) is 14.6. The van der Waals surface area contributed by atoms with Crippen molar-refractivity contribution >= 4 is 34.3 Å². The van der Waals surface area contributed by atoms with Crippen molar-refractivity contribution in [1.82, 2.24) is 9.55 Å². The molecular weight excluding hydrogens is 302 g/mol. The van der Waals surface area contributed by atoms with E-state index in [1.54, 1.807) is 16.7 Å². The molecule has 0 aliphatic carbocycles. The van der Waals surface area contributed by atoms with Crippen LogP contribution in [0.3, 0.4) is 0 Å². The predicted octanol–water partition coefficient (Wildman–Crippen LogP) is 4.14. The zero-order valence-corrected chi connectivity index (χ0v) is 13.9. The van der Waals surface area contributed by atoms with Crippen LogP contribution in [0.4, 0.5) is 5.69 Å². The third-order valence-corrected chi connectivity index (χ3v) is 3.43. The minimum Gasteiger partial charge on any atom is -0.459 e. The second-order valence-corrected chi connectivity index (χ2v) is 6.31. The monoisotopic (exact) mass is 319 g/mol. The molecule has 0 saturated heterocycles. The fourth-order valence-electron chi connectivity index (χ4n) is 2.23. The molecular formula is C16H18ClN3O2. The minimum atomic E-state index is -0.533. The van der Waals surface area contributed by atoms with E-state index in [4.69, 9.17) is 22.9 Å². The molecule has 0 N–H and O–H groups in total. The summed E-state index contributed by atoms with van der Waals surface area (Å²) in [4.78, 5) is 19.9. The van der Waals surface area contributed by atoms with Gasteiger partial charge in [0.05, 0.1) is 22.6 Å². The van der Waals surface area contributed by atoms with Gasteiger partial charge in [0.15, 0.2) is 0 Å². The van der Waals surface area contributed by atoms with Crippen molar-refractivity contribution in [2.24, 2.45) is 0 Å². The van der Waals surface area contributed by atoms with E-state index in [1.165, 1.54) is 0 Å². The van der Waals surface area contributed by atoms with Crippen molar-refractivity contribution in [2.75, 3.05) is 0 Å². The van der Waals surface area contributed by atoms with Crippen LogP contribution in [-0.2, 0) is 22.5 Å². The van der Waals surface area contributed by atoms with Gasteiger partial charge in [0.2, 0.25) is 5.69 Å².